The van der Waals surface area contributed by atoms with E-state index in [1.165, 1.54) is 10.4 Å². The topological polar surface area (TPSA) is 83.6 Å². The summed E-state index contributed by atoms with van der Waals surface area (Å²) in [5, 5.41) is 10.1. The van der Waals surface area contributed by atoms with Crippen LogP contribution in [0.25, 0.3) is 0 Å². The van der Waals surface area contributed by atoms with Gasteiger partial charge in [0.25, 0.3) is 0 Å². The molecule has 1 aromatic rings. The molecule has 0 amide bonds. The molecule has 1 aliphatic carbocycles. The molecule has 5 nitrogen and oxygen atoms in total. The van der Waals surface area contributed by atoms with Crippen LogP contribution in [0.4, 0.5) is 10.1 Å². The van der Waals surface area contributed by atoms with E-state index in [1.54, 1.807) is 0 Å². The average Bonchev–Trinajstić information content (AvgIpc) is 3.12. The normalized spacial score (nSPS) is 23.1. The van der Waals surface area contributed by atoms with Crippen LogP contribution in [-0.4, -0.2) is 36.5 Å². The first kappa shape index (κ1) is 12.8. The summed E-state index contributed by atoms with van der Waals surface area (Å²) in [4.78, 5) is -0.0377. The van der Waals surface area contributed by atoms with E-state index in [0.29, 0.717) is 0 Å². The third-order valence-electron chi connectivity index (χ3n) is 3.84. The highest BCUT2D eigenvalue weighted by molar-refractivity contribution is 7.89. The van der Waals surface area contributed by atoms with Crippen molar-refractivity contribution < 1.29 is 17.9 Å². The van der Waals surface area contributed by atoms with Gasteiger partial charge in [-0.2, -0.15) is 4.31 Å². The van der Waals surface area contributed by atoms with Crippen LogP contribution in [0.3, 0.4) is 0 Å². The lowest BCUT2D eigenvalue weighted by atomic mass is 9.91. The highest BCUT2D eigenvalue weighted by Gasteiger charge is 2.55. The number of nitrogens with two attached hydrogens (primary N) is 1. The van der Waals surface area contributed by atoms with Gasteiger partial charge in [-0.05, 0) is 37.0 Å². The number of nitrogens with zero attached hydrogens (tertiary/aromatic N) is 1. The Labute approximate surface area is 110 Å². The smallest absolute Gasteiger partial charge is 0.243 e. The predicted octanol–water partition coefficient (Wildman–Crippen LogP) is 0.553. The Morgan fingerprint density at radius 2 is 2.00 bits per heavy atom. The van der Waals surface area contributed by atoms with Crippen LogP contribution in [0.15, 0.2) is 23.1 Å². The Morgan fingerprint density at radius 1 is 1.37 bits per heavy atom. The van der Waals surface area contributed by atoms with Crippen molar-refractivity contribution in [2.75, 3.05) is 18.8 Å². The van der Waals surface area contributed by atoms with Crippen molar-refractivity contribution in [1.82, 2.24) is 4.31 Å². The fourth-order valence-electron chi connectivity index (χ4n) is 2.44. The van der Waals surface area contributed by atoms with Crippen LogP contribution < -0.4 is 5.73 Å². The first-order valence-corrected chi connectivity index (χ1v) is 7.54. The SMILES string of the molecule is Nc1cc(S(=O)(=O)N2CC(O)(C3CC3)C2)ccc1F. The summed E-state index contributed by atoms with van der Waals surface area (Å²) >= 11 is 0. The van der Waals surface area contributed by atoms with Gasteiger partial charge in [-0.15, -0.1) is 0 Å². The Morgan fingerprint density at radius 3 is 2.53 bits per heavy atom. The highest BCUT2D eigenvalue weighted by Crippen LogP contribution is 2.45. The van der Waals surface area contributed by atoms with Gasteiger partial charge < -0.3 is 10.8 Å². The molecule has 0 spiro atoms. The number of halogens is 1. The van der Waals surface area contributed by atoms with Gasteiger partial charge in [0.15, 0.2) is 0 Å². The number of nitrogen functional groups attached to an aromatic ring is 1. The number of hydrogen-bond acceptors (Lipinski definition) is 4. The first-order chi connectivity index (χ1) is 8.83. The maximum Gasteiger partial charge on any atom is 0.243 e. The van der Waals surface area contributed by atoms with Crippen molar-refractivity contribution >= 4 is 15.7 Å². The number of hydrogen-bond donors (Lipinski definition) is 2. The molecule has 0 bridgehead atoms. The van der Waals surface area contributed by atoms with Gasteiger partial charge in [0.2, 0.25) is 10.0 Å². The van der Waals surface area contributed by atoms with E-state index < -0.39 is 21.4 Å². The summed E-state index contributed by atoms with van der Waals surface area (Å²) in [6.07, 6.45) is 1.90. The number of sulfonamides is 1. The standard InChI is InChI=1S/C12H15FN2O3S/c13-10-4-3-9(5-11(10)14)19(17,18)15-6-12(16,7-15)8-1-2-8/h3-5,8,16H,1-2,6-7,14H2. The van der Waals surface area contributed by atoms with E-state index in [-0.39, 0.29) is 29.6 Å². The number of rotatable bonds is 3. The molecule has 2 fully saturated rings. The van der Waals surface area contributed by atoms with Crippen molar-refractivity contribution in [3.05, 3.63) is 24.0 Å². The lowest BCUT2D eigenvalue weighted by Crippen LogP contribution is -2.64. The molecule has 7 heteroatoms. The molecule has 0 aromatic heterocycles. The van der Waals surface area contributed by atoms with Gasteiger partial charge in [0.1, 0.15) is 5.82 Å². The van der Waals surface area contributed by atoms with Gasteiger partial charge in [-0.1, -0.05) is 0 Å². The van der Waals surface area contributed by atoms with Crippen molar-refractivity contribution in [3.8, 4) is 0 Å². The Balaban J connectivity index is 1.82. The lowest BCUT2D eigenvalue weighted by molar-refractivity contribution is -0.0764. The monoisotopic (exact) mass is 286 g/mol. The molecular weight excluding hydrogens is 271 g/mol. The molecule has 3 rings (SSSR count). The lowest BCUT2D eigenvalue weighted by Gasteiger charge is -2.45. The fraction of sp³-hybridized carbons (Fsp3) is 0.500. The van der Waals surface area contributed by atoms with Crippen LogP contribution in [0.1, 0.15) is 12.8 Å². The van der Waals surface area contributed by atoms with Crippen molar-refractivity contribution in [2.24, 2.45) is 5.92 Å². The number of β-amino-alcohol motifs (C(OH)–C–C–N with tert-alkyl or cyclic N) is 1. The first-order valence-electron chi connectivity index (χ1n) is 6.10. The van der Waals surface area contributed by atoms with Crippen LogP contribution in [0.5, 0.6) is 0 Å². The van der Waals surface area contributed by atoms with Crippen LogP contribution >= 0.6 is 0 Å². The molecule has 3 N–H and O–H groups in total. The Hall–Kier alpha value is -1.18. The zero-order valence-electron chi connectivity index (χ0n) is 10.2. The second kappa shape index (κ2) is 3.91. The molecule has 2 aliphatic rings. The van der Waals surface area contributed by atoms with Crippen molar-refractivity contribution in [3.63, 3.8) is 0 Å². The predicted molar refractivity (Wildman–Crippen MR) is 67.2 cm³/mol. The van der Waals surface area contributed by atoms with Crippen LogP contribution in [-0.2, 0) is 10.0 Å². The van der Waals surface area contributed by atoms with E-state index in [4.69, 9.17) is 5.73 Å². The van der Waals surface area contributed by atoms with Gasteiger partial charge >= 0.3 is 0 Å². The molecule has 0 radical (unpaired) electrons. The second-order valence-corrected chi connectivity index (χ2v) is 7.27. The minimum Gasteiger partial charge on any atom is -0.396 e. The number of anilines is 1. The molecular formula is C12H15FN2O3S. The summed E-state index contributed by atoms with van der Waals surface area (Å²) in [5.41, 5.74) is 4.31. The molecule has 1 saturated heterocycles. The van der Waals surface area contributed by atoms with E-state index in [2.05, 4.69) is 0 Å². The van der Waals surface area contributed by atoms with Gasteiger partial charge in [-0.3, -0.25) is 0 Å². The summed E-state index contributed by atoms with van der Waals surface area (Å²) in [7, 11) is -3.69. The van der Waals surface area contributed by atoms with E-state index in [1.807, 2.05) is 0 Å². The van der Waals surface area contributed by atoms with Crippen LogP contribution in [0, 0.1) is 11.7 Å². The summed E-state index contributed by atoms with van der Waals surface area (Å²) in [6.45, 7) is 0.217. The zero-order valence-corrected chi connectivity index (χ0v) is 11.0. The minimum atomic E-state index is -3.69. The van der Waals surface area contributed by atoms with E-state index in [9.17, 15) is 17.9 Å². The van der Waals surface area contributed by atoms with Gasteiger partial charge in [0.05, 0.1) is 16.2 Å². The van der Waals surface area contributed by atoms with E-state index in [0.717, 1.165) is 25.0 Å². The molecule has 1 aromatic carbocycles. The molecule has 1 aliphatic heterocycles. The van der Waals surface area contributed by atoms with Crippen molar-refractivity contribution in [2.45, 2.75) is 23.3 Å². The fourth-order valence-corrected chi connectivity index (χ4v) is 4.05. The molecule has 1 heterocycles. The Bertz CT molecular complexity index is 622. The maximum absolute atomic E-state index is 13.0. The second-order valence-electron chi connectivity index (χ2n) is 5.33. The highest BCUT2D eigenvalue weighted by atomic mass is 32.2. The third kappa shape index (κ3) is 2.01. The van der Waals surface area contributed by atoms with Gasteiger partial charge in [0, 0.05) is 13.1 Å². The largest absolute Gasteiger partial charge is 0.396 e. The molecule has 104 valence electrons. The zero-order chi connectivity index (χ0) is 13.8. The van der Waals surface area contributed by atoms with Gasteiger partial charge in [-0.25, -0.2) is 12.8 Å². The van der Waals surface area contributed by atoms with E-state index >= 15 is 0 Å². The van der Waals surface area contributed by atoms with Crippen LogP contribution in [0.2, 0.25) is 0 Å². The minimum absolute atomic E-state index is 0.0377. The quantitative estimate of drug-likeness (QED) is 0.795. The maximum atomic E-state index is 13.0. The summed E-state index contributed by atoms with van der Waals surface area (Å²) in [6, 6.07) is 3.34. The molecule has 0 unspecified atom stereocenters. The molecule has 0 atom stereocenters. The molecule has 1 saturated carbocycles. The molecule has 19 heavy (non-hydrogen) atoms. The summed E-state index contributed by atoms with van der Waals surface area (Å²) in [5.74, 6) is -0.422. The summed E-state index contributed by atoms with van der Waals surface area (Å²) < 4.78 is 38.7. The number of benzene rings is 1. The number of aliphatic hydroxyl groups is 1. The van der Waals surface area contributed by atoms with Crippen molar-refractivity contribution in [1.29, 1.82) is 0 Å². The third-order valence-corrected chi connectivity index (χ3v) is 5.63. The average molecular weight is 286 g/mol. The Kier molecular flexibility index (Phi) is 2.64.